The molecular formula is C26H28N2O6. The minimum atomic E-state index is -1.14. The van der Waals surface area contributed by atoms with Crippen LogP contribution in [-0.4, -0.2) is 55.0 Å². The standard InChI is InChI=1S/C26H28N2O6/c1-2-7-22(25(30)31)28-24(29)23-16(12-13-33-23)14-27-26(32)34-15-21-19-10-5-3-8-17(19)18-9-4-6-11-20(18)21/h2-6,8-11,16,21-23H,1,7,12-15H2,(H,27,32)(H,28,29)(H,30,31)/t16-,22?,23-/m1/s1. The van der Waals surface area contributed by atoms with Gasteiger partial charge in [0.15, 0.2) is 0 Å². The van der Waals surface area contributed by atoms with Crippen molar-refractivity contribution in [2.75, 3.05) is 19.8 Å². The molecule has 2 amide bonds. The number of benzene rings is 2. The molecule has 8 heteroatoms. The lowest BCUT2D eigenvalue weighted by Crippen LogP contribution is -2.48. The monoisotopic (exact) mass is 464 g/mol. The molecule has 0 spiro atoms. The smallest absolute Gasteiger partial charge is 0.407 e. The molecule has 2 aromatic rings. The zero-order valence-electron chi connectivity index (χ0n) is 18.7. The molecule has 0 aromatic heterocycles. The number of fused-ring (bicyclic) bond motifs is 3. The van der Waals surface area contributed by atoms with E-state index in [-0.39, 0.29) is 31.4 Å². The Morgan fingerprint density at radius 1 is 1.12 bits per heavy atom. The Labute approximate surface area is 198 Å². The number of alkyl carbamates (subject to hydrolysis) is 1. The molecule has 1 unspecified atom stereocenters. The fraction of sp³-hybridized carbons (Fsp3) is 0.346. The molecule has 0 radical (unpaired) electrons. The Kier molecular flexibility index (Phi) is 7.27. The third-order valence-corrected chi connectivity index (χ3v) is 6.34. The van der Waals surface area contributed by atoms with Crippen molar-refractivity contribution in [3.8, 4) is 11.1 Å². The highest BCUT2D eigenvalue weighted by molar-refractivity contribution is 5.87. The van der Waals surface area contributed by atoms with Crippen molar-refractivity contribution in [1.29, 1.82) is 0 Å². The van der Waals surface area contributed by atoms with Crippen LogP contribution in [0.2, 0.25) is 0 Å². The van der Waals surface area contributed by atoms with E-state index in [1.54, 1.807) is 0 Å². The van der Waals surface area contributed by atoms with E-state index in [1.165, 1.54) is 6.08 Å². The van der Waals surface area contributed by atoms with Gasteiger partial charge >= 0.3 is 12.1 Å². The second-order valence-electron chi connectivity index (χ2n) is 8.47. The number of nitrogens with one attached hydrogen (secondary N) is 2. The lowest BCUT2D eigenvalue weighted by Gasteiger charge is -2.21. The second-order valence-corrected chi connectivity index (χ2v) is 8.47. The Morgan fingerprint density at radius 3 is 2.38 bits per heavy atom. The minimum Gasteiger partial charge on any atom is -0.480 e. The molecule has 3 N–H and O–H groups in total. The molecule has 0 saturated carbocycles. The zero-order chi connectivity index (χ0) is 24.1. The largest absolute Gasteiger partial charge is 0.480 e. The molecule has 8 nitrogen and oxygen atoms in total. The molecular weight excluding hydrogens is 436 g/mol. The lowest BCUT2D eigenvalue weighted by molar-refractivity contribution is -0.144. The van der Waals surface area contributed by atoms with Gasteiger partial charge in [-0.05, 0) is 35.1 Å². The summed E-state index contributed by atoms with van der Waals surface area (Å²) in [5, 5.41) is 14.4. The Hall–Kier alpha value is -3.65. The van der Waals surface area contributed by atoms with E-state index in [0.29, 0.717) is 13.0 Å². The number of carboxylic acids is 1. The van der Waals surface area contributed by atoms with Crippen LogP contribution < -0.4 is 10.6 Å². The van der Waals surface area contributed by atoms with Crippen molar-refractivity contribution >= 4 is 18.0 Å². The van der Waals surface area contributed by atoms with Gasteiger partial charge in [0.1, 0.15) is 18.8 Å². The predicted octanol–water partition coefficient (Wildman–Crippen LogP) is 3.08. The number of carbonyl (C=O) groups excluding carboxylic acids is 2. The summed E-state index contributed by atoms with van der Waals surface area (Å²) in [5.41, 5.74) is 4.57. The first kappa shape index (κ1) is 23.5. The van der Waals surface area contributed by atoms with Crippen LogP contribution in [0, 0.1) is 5.92 Å². The molecule has 2 aromatic carbocycles. The molecule has 1 saturated heterocycles. The van der Waals surface area contributed by atoms with Gasteiger partial charge in [-0.25, -0.2) is 9.59 Å². The van der Waals surface area contributed by atoms with Crippen LogP contribution in [0.15, 0.2) is 61.2 Å². The Bertz CT molecular complexity index is 1040. The van der Waals surface area contributed by atoms with E-state index in [4.69, 9.17) is 9.47 Å². The predicted molar refractivity (Wildman–Crippen MR) is 125 cm³/mol. The number of amides is 2. The number of carbonyl (C=O) groups is 3. The summed E-state index contributed by atoms with van der Waals surface area (Å²) < 4.78 is 11.1. The third kappa shape index (κ3) is 4.97. The molecule has 1 aliphatic heterocycles. The first-order valence-electron chi connectivity index (χ1n) is 11.3. The first-order valence-corrected chi connectivity index (χ1v) is 11.3. The molecule has 0 bridgehead atoms. The summed E-state index contributed by atoms with van der Waals surface area (Å²) in [4.78, 5) is 36.3. The van der Waals surface area contributed by atoms with Gasteiger partial charge in [0.2, 0.25) is 5.91 Å². The van der Waals surface area contributed by atoms with Crippen LogP contribution in [0.3, 0.4) is 0 Å². The van der Waals surface area contributed by atoms with Gasteiger partial charge in [-0.3, -0.25) is 4.79 Å². The van der Waals surface area contributed by atoms with Crippen LogP contribution in [0.25, 0.3) is 11.1 Å². The number of carboxylic acid groups (broad SMARTS) is 1. The maximum Gasteiger partial charge on any atom is 0.407 e. The van der Waals surface area contributed by atoms with Crippen molar-refractivity contribution in [3.05, 3.63) is 72.3 Å². The first-order chi connectivity index (χ1) is 16.5. The second kappa shape index (κ2) is 10.5. The molecule has 178 valence electrons. The normalized spacial score (nSPS) is 19.5. The van der Waals surface area contributed by atoms with Crippen LogP contribution in [-0.2, 0) is 19.1 Å². The Morgan fingerprint density at radius 2 is 1.76 bits per heavy atom. The summed E-state index contributed by atoms with van der Waals surface area (Å²) in [7, 11) is 0. The van der Waals surface area contributed by atoms with Crippen LogP contribution >= 0.6 is 0 Å². The topological polar surface area (TPSA) is 114 Å². The van der Waals surface area contributed by atoms with Gasteiger partial charge in [-0.1, -0.05) is 54.6 Å². The van der Waals surface area contributed by atoms with Gasteiger partial charge in [-0.15, -0.1) is 6.58 Å². The average Bonchev–Trinajstić information content (AvgIpc) is 3.44. The molecule has 2 aliphatic rings. The maximum absolute atomic E-state index is 12.5. The molecule has 1 heterocycles. The van der Waals surface area contributed by atoms with Crippen molar-refractivity contribution < 1.29 is 29.0 Å². The van der Waals surface area contributed by atoms with Gasteiger partial charge in [-0.2, -0.15) is 0 Å². The zero-order valence-corrected chi connectivity index (χ0v) is 18.7. The highest BCUT2D eigenvalue weighted by Gasteiger charge is 2.36. The summed E-state index contributed by atoms with van der Waals surface area (Å²) in [6.07, 6.45) is 0.714. The van der Waals surface area contributed by atoms with Gasteiger partial charge < -0.3 is 25.2 Å². The van der Waals surface area contributed by atoms with E-state index < -0.39 is 30.1 Å². The molecule has 34 heavy (non-hydrogen) atoms. The van der Waals surface area contributed by atoms with Crippen molar-refractivity contribution in [2.45, 2.75) is 30.9 Å². The molecule has 3 atom stereocenters. The Balaban J connectivity index is 1.31. The lowest BCUT2D eigenvalue weighted by atomic mass is 9.98. The van der Waals surface area contributed by atoms with Crippen LogP contribution in [0.5, 0.6) is 0 Å². The van der Waals surface area contributed by atoms with Crippen LogP contribution in [0.1, 0.15) is 29.9 Å². The van der Waals surface area contributed by atoms with E-state index >= 15 is 0 Å². The summed E-state index contributed by atoms with van der Waals surface area (Å²) >= 11 is 0. The van der Waals surface area contributed by atoms with E-state index in [9.17, 15) is 19.5 Å². The summed E-state index contributed by atoms with van der Waals surface area (Å²) in [6.45, 7) is 4.26. The van der Waals surface area contributed by atoms with Crippen molar-refractivity contribution in [3.63, 3.8) is 0 Å². The van der Waals surface area contributed by atoms with Gasteiger partial charge in [0.05, 0.1) is 0 Å². The highest BCUT2D eigenvalue weighted by Crippen LogP contribution is 2.44. The van der Waals surface area contributed by atoms with E-state index in [0.717, 1.165) is 22.3 Å². The van der Waals surface area contributed by atoms with Gasteiger partial charge in [0, 0.05) is 25.0 Å². The highest BCUT2D eigenvalue weighted by atomic mass is 16.5. The average molecular weight is 465 g/mol. The van der Waals surface area contributed by atoms with Crippen molar-refractivity contribution in [2.24, 2.45) is 5.92 Å². The molecule has 1 aliphatic carbocycles. The number of ether oxygens (including phenoxy) is 2. The summed E-state index contributed by atoms with van der Waals surface area (Å²) in [5.74, 6) is -1.96. The van der Waals surface area contributed by atoms with Crippen LogP contribution in [0.4, 0.5) is 4.79 Å². The summed E-state index contributed by atoms with van der Waals surface area (Å²) in [6, 6.07) is 15.1. The fourth-order valence-corrected chi connectivity index (χ4v) is 4.64. The van der Waals surface area contributed by atoms with E-state index in [1.807, 2.05) is 24.3 Å². The molecule has 1 fully saturated rings. The minimum absolute atomic E-state index is 0.0377. The molecule has 4 rings (SSSR count). The van der Waals surface area contributed by atoms with Gasteiger partial charge in [0.25, 0.3) is 0 Å². The fourth-order valence-electron chi connectivity index (χ4n) is 4.64. The number of hydrogen-bond donors (Lipinski definition) is 3. The maximum atomic E-state index is 12.5. The number of rotatable bonds is 9. The quantitative estimate of drug-likeness (QED) is 0.492. The number of hydrogen-bond acceptors (Lipinski definition) is 5. The van der Waals surface area contributed by atoms with Crippen molar-refractivity contribution in [1.82, 2.24) is 10.6 Å². The van der Waals surface area contributed by atoms with E-state index in [2.05, 4.69) is 41.5 Å². The SMILES string of the molecule is C=CCC(NC(=O)[C@@H]1OCC[C@@H]1CNC(=O)OCC1c2ccccc2-c2ccccc21)C(=O)O. The number of aliphatic carboxylic acids is 1. The third-order valence-electron chi connectivity index (χ3n) is 6.34.